The fourth-order valence-corrected chi connectivity index (χ4v) is 0.633. The number of hydrogen-bond acceptors (Lipinski definition) is 3. The molecule has 0 radical (unpaired) electrons. The molecule has 1 heterocycles. The van der Waals surface area contributed by atoms with Gasteiger partial charge in [0.25, 0.3) is 0 Å². The first-order chi connectivity index (χ1) is 4.33. The average Bonchev–Trinajstić information content (AvgIpc) is 1.90. The van der Waals surface area contributed by atoms with Crippen molar-refractivity contribution in [3.05, 3.63) is 12.0 Å². The van der Waals surface area contributed by atoms with Crippen molar-refractivity contribution in [3.63, 3.8) is 0 Å². The van der Waals surface area contributed by atoms with Gasteiger partial charge in [0.1, 0.15) is 6.34 Å². The zero-order valence-corrected chi connectivity index (χ0v) is 5.80. The van der Waals surface area contributed by atoms with Crippen LogP contribution in [0.3, 0.4) is 0 Å². The van der Waals surface area contributed by atoms with Crippen molar-refractivity contribution in [1.82, 2.24) is 4.42 Å². The van der Waals surface area contributed by atoms with E-state index in [0.29, 0.717) is 12.4 Å². The fourth-order valence-electron chi connectivity index (χ4n) is 0.521. The fraction of sp³-hybridized carbons (Fsp3) is 0.400. The minimum absolute atomic E-state index is 0.618. The Bertz CT molecular complexity index is 155. The van der Waals surface area contributed by atoms with Crippen molar-refractivity contribution in [1.29, 1.82) is 0 Å². The van der Waals surface area contributed by atoms with Gasteiger partial charge in [-0.25, -0.2) is 4.99 Å². The van der Waals surface area contributed by atoms with Crippen LogP contribution in [0.5, 0.6) is 0 Å². The van der Waals surface area contributed by atoms with Crippen molar-refractivity contribution in [2.45, 2.75) is 0 Å². The van der Waals surface area contributed by atoms with Gasteiger partial charge in [-0.05, 0) is 6.08 Å². The van der Waals surface area contributed by atoms with Crippen molar-refractivity contribution in [2.24, 2.45) is 4.99 Å². The number of rotatable bonds is 1. The molecule has 0 atom stereocenters. The second-order valence-electron chi connectivity index (χ2n) is 1.57. The highest BCUT2D eigenvalue weighted by atomic mass is 35.5. The molecule has 1 rings (SSSR count). The summed E-state index contributed by atoms with van der Waals surface area (Å²) in [5, 5.41) is 0. The average molecular weight is 147 g/mol. The molecule has 0 spiro atoms. The van der Waals surface area contributed by atoms with Gasteiger partial charge in [-0.15, -0.1) is 0 Å². The standard InChI is InChI=1S/C5H7ClN2O/c1-9-5-2-3-8(6)4-7-5/h2,4H,3H2,1H3. The molecule has 0 fully saturated rings. The topological polar surface area (TPSA) is 24.8 Å². The van der Waals surface area contributed by atoms with Crippen LogP contribution < -0.4 is 0 Å². The van der Waals surface area contributed by atoms with Crippen LogP contribution in [0.4, 0.5) is 0 Å². The molecule has 1 aliphatic rings. The van der Waals surface area contributed by atoms with E-state index in [1.165, 1.54) is 10.8 Å². The lowest BCUT2D eigenvalue weighted by Gasteiger charge is -2.11. The monoisotopic (exact) mass is 146 g/mol. The number of hydrogen-bond donors (Lipinski definition) is 0. The van der Waals surface area contributed by atoms with E-state index in [4.69, 9.17) is 16.5 Å². The Labute approximate surface area is 58.7 Å². The molecular weight excluding hydrogens is 140 g/mol. The highest BCUT2D eigenvalue weighted by Crippen LogP contribution is 2.04. The molecule has 0 aliphatic carbocycles. The van der Waals surface area contributed by atoms with Crippen molar-refractivity contribution < 1.29 is 4.74 Å². The number of halogens is 1. The van der Waals surface area contributed by atoms with E-state index >= 15 is 0 Å². The van der Waals surface area contributed by atoms with Gasteiger partial charge in [-0.1, -0.05) is 0 Å². The second-order valence-corrected chi connectivity index (χ2v) is 2.01. The number of ether oxygens (including phenoxy) is 1. The summed E-state index contributed by atoms with van der Waals surface area (Å²) in [6.45, 7) is 0.647. The van der Waals surface area contributed by atoms with Crippen LogP contribution in [0, 0.1) is 0 Å². The Hall–Kier alpha value is -0.700. The Kier molecular flexibility index (Phi) is 1.95. The van der Waals surface area contributed by atoms with Crippen LogP contribution in [0.25, 0.3) is 0 Å². The first-order valence-corrected chi connectivity index (χ1v) is 2.87. The van der Waals surface area contributed by atoms with E-state index in [2.05, 4.69) is 4.99 Å². The largest absolute Gasteiger partial charge is 0.481 e. The second kappa shape index (κ2) is 2.73. The summed E-state index contributed by atoms with van der Waals surface area (Å²) in [7, 11) is 1.58. The van der Waals surface area contributed by atoms with E-state index in [9.17, 15) is 0 Å². The third kappa shape index (κ3) is 1.61. The Morgan fingerprint density at radius 2 is 2.67 bits per heavy atom. The van der Waals surface area contributed by atoms with Gasteiger partial charge in [0, 0.05) is 11.8 Å². The zero-order chi connectivity index (χ0) is 6.69. The molecule has 0 bridgehead atoms. The molecule has 4 heteroatoms. The van der Waals surface area contributed by atoms with Crippen LogP contribution in [0.2, 0.25) is 0 Å². The van der Waals surface area contributed by atoms with E-state index in [1.54, 1.807) is 13.2 Å². The summed E-state index contributed by atoms with van der Waals surface area (Å²) in [6.07, 6.45) is 3.31. The lowest BCUT2D eigenvalue weighted by atomic mass is 10.5. The SMILES string of the molecule is COC1=CCN(Cl)C=N1. The zero-order valence-electron chi connectivity index (χ0n) is 5.04. The summed E-state index contributed by atoms with van der Waals surface area (Å²) < 4.78 is 6.26. The maximum Gasteiger partial charge on any atom is 0.212 e. The summed E-state index contributed by atoms with van der Waals surface area (Å²) in [4.78, 5) is 3.84. The predicted molar refractivity (Wildman–Crippen MR) is 36.1 cm³/mol. The molecular formula is C5H7ClN2O. The van der Waals surface area contributed by atoms with E-state index in [0.717, 1.165) is 0 Å². The maximum absolute atomic E-state index is 5.52. The van der Waals surface area contributed by atoms with E-state index in [1.807, 2.05) is 0 Å². The molecule has 1 aliphatic heterocycles. The van der Waals surface area contributed by atoms with Crippen molar-refractivity contribution >= 4 is 18.1 Å². The quantitative estimate of drug-likeness (QED) is 0.515. The third-order valence-electron chi connectivity index (χ3n) is 0.960. The van der Waals surface area contributed by atoms with Crippen LogP contribution in [-0.4, -0.2) is 24.4 Å². The lowest BCUT2D eigenvalue weighted by molar-refractivity contribution is 0.284. The van der Waals surface area contributed by atoms with Gasteiger partial charge in [-0.3, -0.25) is 4.42 Å². The molecule has 0 aromatic carbocycles. The predicted octanol–water partition coefficient (Wildman–Crippen LogP) is 0.972. The van der Waals surface area contributed by atoms with Gasteiger partial charge in [0.2, 0.25) is 5.88 Å². The smallest absolute Gasteiger partial charge is 0.212 e. The molecule has 3 nitrogen and oxygen atoms in total. The number of methoxy groups -OCH3 is 1. The normalized spacial score (nSPS) is 17.6. The van der Waals surface area contributed by atoms with Crippen LogP contribution in [0.1, 0.15) is 0 Å². The number of aliphatic imine (C=N–C) groups is 1. The van der Waals surface area contributed by atoms with Crippen LogP contribution in [0.15, 0.2) is 17.0 Å². The van der Waals surface area contributed by atoms with Gasteiger partial charge >= 0.3 is 0 Å². The Morgan fingerprint density at radius 3 is 3.11 bits per heavy atom. The highest BCUT2D eigenvalue weighted by Gasteiger charge is 2.00. The molecule has 0 saturated carbocycles. The van der Waals surface area contributed by atoms with Gasteiger partial charge in [-0.2, -0.15) is 0 Å². The lowest BCUT2D eigenvalue weighted by Crippen LogP contribution is -2.13. The van der Waals surface area contributed by atoms with Gasteiger partial charge in [0.15, 0.2) is 0 Å². The Balaban J connectivity index is 2.52. The highest BCUT2D eigenvalue weighted by molar-refractivity contribution is 6.19. The molecule has 9 heavy (non-hydrogen) atoms. The molecule has 0 saturated heterocycles. The summed E-state index contributed by atoms with van der Waals surface area (Å²) in [5.41, 5.74) is 0. The number of nitrogens with zero attached hydrogens (tertiary/aromatic N) is 2. The third-order valence-corrected chi connectivity index (χ3v) is 1.19. The summed E-state index contributed by atoms with van der Waals surface area (Å²) in [6, 6.07) is 0. The van der Waals surface area contributed by atoms with Crippen molar-refractivity contribution in [2.75, 3.05) is 13.7 Å². The first kappa shape index (κ1) is 6.42. The van der Waals surface area contributed by atoms with E-state index < -0.39 is 0 Å². The molecule has 0 unspecified atom stereocenters. The summed E-state index contributed by atoms with van der Waals surface area (Å²) >= 11 is 5.52. The maximum atomic E-state index is 5.52. The van der Waals surface area contributed by atoms with Gasteiger partial charge in [0.05, 0.1) is 13.7 Å². The minimum atomic E-state index is 0.618. The summed E-state index contributed by atoms with van der Waals surface area (Å²) in [5.74, 6) is 0.618. The van der Waals surface area contributed by atoms with Crippen molar-refractivity contribution in [3.8, 4) is 0 Å². The first-order valence-electron chi connectivity index (χ1n) is 2.53. The minimum Gasteiger partial charge on any atom is -0.481 e. The molecule has 0 aromatic rings. The van der Waals surface area contributed by atoms with Gasteiger partial charge < -0.3 is 4.74 Å². The molecule has 0 amide bonds. The molecule has 0 aromatic heterocycles. The molecule has 50 valence electrons. The molecule has 0 N–H and O–H groups in total. The van der Waals surface area contributed by atoms with Crippen LogP contribution in [-0.2, 0) is 4.74 Å². The van der Waals surface area contributed by atoms with Crippen LogP contribution >= 0.6 is 11.8 Å². The Morgan fingerprint density at radius 1 is 1.89 bits per heavy atom. The van der Waals surface area contributed by atoms with E-state index in [-0.39, 0.29) is 0 Å².